The molecule has 0 aliphatic heterocycles. The summed E-state index contributed by atoms with van der Waals surface area (Å²) in [6, 6.07) is 3.67. The highest BCUT2D eigenvalue weighted by atomic mass is 35.5. The van der Waals surface area contributed by atoms with Gasteiger partial charge in [-0.1, -0.05) is 0 Å². The molecular weight excluding hydrogens is 195 g/mol. The van der Waals surface area contributed by atoms with Crippen LogP contribution < -0.4 is 4.74 Å². The first-order valence-electron chi connectivity index (χ1n) is 3.76. The quantitative estimate of drug-likeness (QED) is 0.705. The average Bonchev–Trinajstić information content (AvgIpc) is 2.03. The van der Waals surface area contributed by atoms with Crippen LogP contribution in [0.1, 0.15) is 17.3 Å². The predicted octanol–water partition coefficient (Wildman–Crippen LogP) is 2.60. The van der Waals surface area contributed by atoms with Crippen molar-refractivity contribution >= 4 is 16.8 Å². The van der Waals surface area contributed by atoms with E-state index in [1.54, 1.807) is 6.92 Å². The van der Waals surface area contributed by atoms with Gasteiger partial charge in [0.2, 0.25) is 0 Å². The Bertz CT molecular complexity index is 325. The third-order valence-electron chi connectivity index (χ3n) is 1.41. The smallest absolute Gasteiger partial charge is 0.252 e. The highest BCUT2D eigenvalue weighted by molar-refractivity contribution is 6.67. The van der Waals surface area contributed by atoms with Crippen LogP contribution in [0, 0.1) is 5.82 Å². The molecular formula is C9H8ClFO2. The van der Waals surface area contributed by atoms with Crippen LogP contribution in [0.4, 0.5) is 4.39 Å². The maximum absolute atomic E-state index is 12.8. The zero-order chi connectivity index (χ0) is 9.84. The largest absolute Gasteiger partial charge is 0.494 e. The van der Waals surface area contributed by atoms with Gasteiger partial charge in [-0.15, -0.1) is 0 Å². The SMILES string of the molecule is CCOc1cc(F)cc(C(=O)Cl)c1. The van der Waals surface area contributed by atoms with Gasteiger partial charge in [-0.05, 0) is 30.7 Å². The lowest BCUT2D eigenvalue weighted by Gasteiger charge is -2.03. The van der Waals surface area contributed by atoms with Gasteiger partial charge in [0.25, 0.3) is 5.24 Å². The fourth-order valence-corrected chi connectivity index (χ4v) is 1.04. The zero-order valence-corrected chi connectivity index (χ0v) is 7.77. The highest BCUT2D eigenvalue weighted by Gasteiger charge is 2.06. The van der Waals surface area contributed by atoms with Gasteiger partial charge >= 0.3 is 0 Å². The topological polar surface area (TPSA) is 26.3 Å². The van der Waals surface area contributed by atoms with Gasteiger partial charge in [-0.2, -0.15) is 0 Å². The van der Waals surface area contributed by atoms with Gasteiger partial charge < -0.3 is 4.74 Å². The molecule has 0 aliphatic carbocycles. The molecule has 0 saturated heterocycles. The summed E-state index contributed by atoms with van der Waals surface area (Å²) in [5.74, 6) is -0.221. The van der Waals surface area contributed by atoms with Gasteiger partial charge in [-0.3, -0.25) is 4.79 Å². The van der Waals surface area contributed by atoms with Gasteiger partial charge in [0.15, 0.2) is 0 Å². The summed E-state index contributed by atoms with van der Waals surface area (Å²) in [6.07, 6.45) is 0. The van der Waals surface area contributed by atoms with Crippen molar-refractivity contribution in [2.75, 3.05) is 6.61 Å². The molecule has 0 saturated carbocycles. The normalized spacial score (nSPS) is 9.77. The molecule has 1 aromatic rings. The predicted molar refractivity (Wildman–Crippen MR) is 47.8 cm³/mol. The Balaban J connectivity index is 3.03. The minimum absolute atomic E-state index is 0.102. The van der Waals surface area contributed by atoms with E-state index in [0.29, 0.717) is 12.4 Å². The Hall–Kier alpha value is -1.09. The highest BCUT2D eigenvalue weighted by Crippen LogP contribution is 2.17. The van der Waals surface area contributed by atoms with Gasteiger partial charge in [0, 0.05) is 11.6 Å². The summed E-state index contributed by atoms with van der Waals surface area (Å²) >= 11 is 5.19. The van der Waals surface area contributed by atoms with Crippen molar-refractivity contribution in [2.45, 2.75) is 6.92 Å². The molecule has 13 heavy (non-hydrogen) atoms. The monoisotopic (exact) mass is 202 g/mol. The Morgan fingerprint density at radius 1 is 1.54 bits per heavy atom. The Morgan fingerprint density at radius 3 is 2.77 bits per heavy atom. The van der Waals surface area contributed by atoms with Gasteiger partial charge in [0.1, 0.15) is 11.6 Å². The molecule has 1 aromatic carbocycles. The Labute approximate surface area is 80.3 Å². The average molecular weight is 203 g/mol. The van der Waals surface area contributed by atoms with E-state index in [0.717, 1.165) is 6.07 Å². The van der Waals surface area contributed by atoms with Crippen LogP contribution in [-0.4, -0.2) is 11.8 Å². The molecule has 0 aromatic heterocycles. The van der Waals surface area contributed by atoms with Crippen LogP contribution in [0.3, 0.4) is 0 Å². The molecule has 0 heterocycles. The van der Waals surface area contributed by atoms with E-state index in [1.165, 1.54) is 12.1 Å². The second-order valence-corrected chi connectivity index (χ2v) is 2.73. The van der Waals surface area contributed by atoms with Crippen LogP contribution in [0.15, 0.2) is 18.2 Å². The van der Waals surface area contributed by atoms with Crippen molar-refractivity contribution in [1.82, 2.24) is 0 Å². The first-order chi connectivity index (χ1) is 6.13. The molecule has 0 N–H and O–H groups in total. The lowest BCUT2D eigenvalue weighted by molar-refractivity contribution is 0.108. The number of carbonyl (C=O) groups excluding carboxylic acids is 1. The molecule has 0 radical (unpaired) electrons. The third kappa shape index (κ3) is 2.70. The van der Waals surface area contributed by atoms with Gasteiger partial charge in [-0.25, -0.2) is 4.39 Å². The molecule has 70 valence electrons. The fraction of sp³-hybridized carbons (Fsp3) is 0.222. The second-order valence-electron chi connectivity index (χ2n) is 2.38. The molecule has 0 amide bonds. The minimum atomic E-state index is -0.694. The van der Waals surface area contributed by atoms with E-state index in [2.05, 4.69) is 0 Å². The van der Waals surface area contributed by atoms with E-state index >= 15 is 0 Å². The molecule has 0 unspecified atom stereocenters. The number of carbonyl (C=O) groups is 1. The molecule has 0 fully saturated rings. The van der Waals surface area contributed by atoms with Crippen molar-refractivity contribution < 1.29 is 13.9 Å². The fourth-order valence-electron chi connectivity index (χ4n) is 0.926. The molecule has 0 atom stereocenters. The van der Waals surface area contributed by atoms with Gasteiger partial charge in [0.05, 0.1) is 6.61 Å². The molecule has 4 heteroatoms. The lowest BCUT2D eigenvalue weighted by Crippen LogP contribution is -1.96. The lowest BCUT2D eigenvalue weighted by atomic mass is 10.2. The number of benzene rings is 1. The number of hydrogen-bond acceptors (Lipinski definition) is 2. The zero-order valence-electron chi connectivity index (χ0n) is 7.01. The second kappa shape index (κ2) is 4.23. The summed E-state index contributed by atoms with van der Waals surface area (Å²) in [6.45, 7) is 2.19. The Morgan fingerprint density at radius 2 is 2.23 bits per heavy atom. The third-order valence-corrected chi connectivity index (χ3v) is 1.63. The first-order valence-corrected chi connectivity index (χ1v) is 4.14. The first kappa shape index (κ1) is 9.99. The van der Waals surface area contributed by atoms with Crippen molar-refractivity contribution in [2.24, 2.45) is 0 Å². The molecule has 1 rings (SSSR count). The molecule has 0 aliphatic rings. The van der Waals surface area contributed by atoms with E-state index in [1.807, 2.05) is 0 Å². The minimum Gasteiger partial charge on any atom is -0.494 e. The summed E-state index contributed by atoms with van der Waals surface area (Å²) < 4.78 is 17.8. The maximum Gasteiger partial charge on any atom is 0.252 e. The van der Waals surface area contributed by atoms with Crippen molar-refractivity contribution in [3.05, 3.63) is 29.6 Å². The van der Waals surface area contributed by atoms with Crippen LogP contribution in [0.5, 0.6) is 5.75 Å². The number of rotatable bonds is 3. The molecule has 2 nitrogen and oxygen atoms in total. The van der Waals surface area contributed by atoms with Crippen LogP contribution >= 0.6 is 11.6 Å². The van der Waals surface area contributed by atoms with E-state index in [-0.39, 0.29) is 5.56 Å². The Kier molecular flexibility index (Phi) is 3.25. The summed E-state index contributed by atoms with van der Waals surface area (Å²) in [7, 11) is 0. The number of ether oxygens (including phenoxy) is 1. The van der Waals surface area contributed by atoms with Crippen LogP contribution in [0.25, 0.3) is 0 Å². The summed E-state index contributed by atoms with van der Waals surface area (Å²) in [5, 5.41) is -0.694. The summed E-state index contributed by atoms with van der Waals surface area (Å²) in [5.41, 5.74) is 0.102. The van der Waals surface area contributed by atoms with E-state index in [4.69, 9.17) is 16.3 Å². The molecule has 0 spiro atoms. The molecule has 0 bridgehead atoms. The summed E-state index contributed by atoms with van der Waals surface area (Å²) in [4.78, 5) is 10.7. The maximum atomic E-state index is 12.8. The van der Waals surface area contributed by atoms with Crippen LogP contribution in [-0.2, 0) is 0 Å². The standard InChI is InChI=1S/C9H8ClFO2/c1-2-13-8-4-6(9(10)12)3-7(11)5-8/h3-5H,2H2,1H3. The van der Waals surface area contributed by atoms with E-state index < -0.39 is 11.1 Å². The van der Waals surface area contributed by atoms with Crippen LogP contribution in [0.2, 0.25) is 0 Å². The van der Waals surface area contributed by atoms with Crippen molar-refractivity contribution in [1.29, 1.82) is 0 Å². The number of hydrogen-bond donors (Lipinski definition) is 0. The number of halogens is 2. The van der Waals surface area contributed by atoms with Crippen molar-refractivity contribution in [3.8, 4) is 5.75 Å². The van der Waals surface area contributed by atoms with E-state index in [9.17, 15) is 9.18 Å². The van der Waals surface area contributed by atoms with Crippen molar-refractivity contribution in [3.63, 3.8) is 0 Å².